The highest BCUT2D eigenvalue weighted by molar-refractivity contribution is 5.98. The quantitative estimate of drug-likeness (QED) is 0.365. The summed E-state index contributed by atoms with van der Waals surface area (Å²) >= 11 is 0. The Morgan fingerprint density at radius 2 is 1.83 bits per heavy atom. The van der Waals surface area contributed by atoms with Crippen molar-refractivity contribution < 1.29 is 22.8 Å². The van der Waals surface area contributed by atoms with Crippen molar-refractivity contribution in [3.8, 4) is 11.1 Å². The van der Waals surface area contributed by atoms with Gasteiger partial charge in [-0.1, -0.05) is 36.4 Å². The molecule has 178 valence electrons. The highest BCUT2D eigenvalue weighted by atomic mass is 19.4. The molecule has 2 amide bonds. The van der Waals surface area contributed by atoms with Crippen LogP contribution in [0.1, 0.15) is 21.6 Å². The van der Waals surface area contributed by atoms with E-state index in [9.17, 15) is 22.8 Å². The molecule has 6 nitrogen and oxygen atoms in total. The second kappa shape index (κ2) is 9.84. The maximum Gasteiger partial charge on any atom is 0.416 e. The third-order valence-corrected chi connectivity index (χ3v) is 5.47. The molecule has 1 N–H and O–H groups in total. The number of rotatable bonds is 7. The van der Waals surface area contributed by atoms with Crippen LogP contribution in [0, 0.1) is 0 Å². The van der Waals surface area contributed by atoms with Gasteiger partial charge in [0.15, 0.2) is 0 Å². The number of nitrogens with zero attached hydrogens (tertiary/aromatic N) is 3. The Kier molecular flexibility index (Phi) is 6.68. The Bertz CT molecular complexity index is 1330. The van der Waals surface area contributed by atoms with E-state index < -0.39 is 11.7 Å². The number of aryl methyl sites for hydroxylation is 1. The molecule has 0 saturated carbocycles. The first kappa shape index (κ1) is 23.7. The van der Waals surface area contributed by atoms with Crippen molar-refractivity contribution in [3.05, 3.63) is 102 Å². The topological polar surface area (TPSA) is 67.2 Å². The lowest BCUT2D eigenvalue weighted by Crippen LogP contribution is -2.24. The average Bonchev–Trinajstić information content (AvgIpc) is 3.24. The maximum atomic E-state index is 13.0. The Morgan fingerprint density at radius 1 is 1.09 bits per heavy atom. The summed E-state index contributed by atoms with van der Waals surface area (Å²) in [7, 11) is 1.69. The second-order valence-electron chi connectivity index (χ2n) is 7.81. The van der Waals surface area contributed by atoms with E-state index in [1.165, 1.54) is 17.0 Å². The van der Waals surface area contributed by atoms with Crippen molar-refractivity contribution >= 4 is 23.7 Å². The molecule has 0 spiro atoms. The lowest BCUT2D eigenvalue weighted by Gasteiger charge is -2.20. The van der Waals surface area contributed by atoms with E-state index in [1.807, 2.05) is 6.07 Å². The number of benzene rings is 2. The van der Waals surface area contributed by atoms with Crippen LogP contribution in [0.15, 0.2) is 85.3 Å². The van der Waals surface area contributed by atoms with Crippen LogP contribution in [0.5, 0.6) is 0 Å². The third kappa shape index (κ3) is 5.24. The highest BCUT2D eigenvalue weighted by Crippen LogP contribution is 2.36. The van der Waals surface area contributed by atoms with Crippen LogP contribution in [0.2, 0.25) is 0 Å². The Hall–Kier alpha value is -4.40. The molecular weight excluding hydrogens is 457 g/mol. The summed E-state index contributed by atoms with van der Waals surface area (Å²) in [5.74, 6) is -0.329. The number of alkyl halides is 3. The van der Waals surface area contributed by atoms with Crippen LogP contribution in [-0.4, -0.2) is 21.9 Å². The molecule has 0 bridgehead atoms. The number of carbonyl (C=O) groups excluding carboxylic acids is 2. The van der Waals surface area contributed by atoms with Gasteiger partial charge in [0.1, 0.15) is 5.69 Å². The third-order valence-electron chi connectivity index (χ3n) is 5.47. The van der Waals surface area contributed by atoms with Crippen molar-refractivity contribution in [3.63, 3.8) is 0 Å². The van der Waals surface area contributed by atoms with Crippen molar-refractivity contribution in [1.82, 2.24) is 14.9 Å². The molecule has 0 aliphatic heterocycles. The number of carbonyl (C=O) groups is 2. The molecule has 4 rings (SSSR count). The van der Waals surface area contributed by atoms with E-state index in [2.05, 4.69) is 10.3 Å². The predicted molar refractivity (Wildman–Crippen MR) is 126 cm³/mol. The van der Waals surface area contributed by atoms with E-state index in [0.29, 0.717) is 41.2 Å². The Balaban J connectivity index is 1.62. The van der Waals surface area contributed by atoms with Crippen LogP contribution in [0.25, 0.3) is 11.1 Å². The molecule has 9 heteroatoms. The molecule has 0 atom stereocenters. The molecule has 0 radical (unpaired) electrons. The number of pyridine rings is 1. The minimum absolute atomic E-state index is 0.293. The van der Waals surface area contributed by atoms with Crippen molar-refractivity contribution in [1.29, 1.82) is 0 Å². The van der Waals surface area contributed by atoms with E-state index in [1.54, 1.807) is 66.6 Å². The molecule has 0 fully saturated rings. The fourth-order valence-electron chi connectivity index (χ4n) is 3.70. The summed E-state index contributed by atoms with van der Waals surface area (Å²) < 4.78 is 40.5. The summed E-state index contributed by atoms with van der Waals surface area (Å²) in [6.45, 7) is 0.293. The number of nitrogens with one attached hydrogen (secondary N) is 1. The molecule has 0 aliphatic rings. The molecule has 4 aromatic rings. The van der Waals surface area contributed by atoms with Gasteiger partial charge in [0.05, 0.1) is 16.9 Å². The molecule has 2 aromatic heterocycles. The van der Waals surface area contributed by atoms with Gasteiger partial charge < -0.3 is 9.88 Å². The molecule has 35 heavy (non-hydrogen) atoms. The van der Waals surface area contributed by atoms with Crippen LogP contribution in [-0.2, 0) is 24.6 Å². The van der Waals surface area contributed by atoms with Crippen molar-refractivity contribution in [2.24, 2.45) is 7.05 Å². The first-order chi connectivity index (χ1) is 16.8. The molecule has 0 aliphatic carbocycles. The number of halogens is 3. The molecule has 0 unspecified atom stereocenters. The zero-order valence-corrected chi connectivity index (χ0v) is 18.7. The number of para-hydroxylation sites is 1. The summed E-state index contributed by atoms with van der Waals surface area (Å²) in [5, 5.41) is 2.82. The first-order valence-electron chi connectivity index (χ1n) is 10.6. The number of amides is 2. The van der Waals surface area contributed by atoms with Gasteiger partial charge in [-0.15, -0.1) is 0 Å². The van der Waals surface area contributed by atoms with Gasteiger partial charge in [0, 0.05) is 37.7 Å². The van der Waals surface area contributed by atoms with Crippen LogP contribution in [0.4, 0.5) is 24.5 Å². The first-order valence-corrected chi connectivity index (χ1v) is 10.6. The van der Waals surface area contributed by atoms with Gasteiger partial charge in [-0.2, -0.15) is 13.2 Å². The van der Waals surface area contributed by atoms with Gasteiger partial charge in [0.25, 0.3) is 5.91 Å². The number of hydrogen-bond acceptors (Lipinski definition) is 3. The van der Waals surface area contributed by atoms with Gasteiger partial charge in [-0.25, -0.2) is 0 Å². The molecule has 2 aromatic carbocycles. The Labute approximate surface area is 199 Å². The fourth-order valence-corrected chi connectivity index (χ4v) is 3.70. The van der Waals surface area contributed by atoms with Crippen LogP contribution < -0.4 is 10.2 Å². The monoisotopic (exact) mass is 478 g/mol. The van der Waals surface area contributed by atoms with E-state index >= 15 is 0 Å². The summed E-state index contributed by atoms with van der Waals surface area (Å²) in [5.41, 5.74) is 2.42. The van der Waals surface area contributed by atoms with Gasteiger partial charge in [-0.3, -0.25) is 19.5 Å². The SMILES string of the molecule is Cn1cc(N(C=O)c2ccccc2-c2ccc(C(F)(F)F)cc2)cc1C(=O)NCc1cccnc1. The normalized spacial score (nSPS) is 11.2. The van der Waals surface area contributed by atoms with Crippen LogP contribution in [0.3, 0.4) is 0 Å². The summed E-state index contributed by atoms with van der Waals surface area (Å²) in [4.78, 5) is 30.3. The maximum absolute atomic E-state index is 13.0. The van der Waals surface area contributed by atoms with E-state index in [-0.39, 0.29) is 5.91 Å². The van der Waals surface area contributed by atoms with Gasteiger partial charge in [-0.05, 0) is 41.5 Å². The summed E-state index contributed by atoms with van der Waals surface area (Å²) in [6.07, 6.45) is 1.10. The Morgan fingerprint density at radius 3 is 2.49 bits per heavy atom. The number of hydrogen-bond donors (Lipinski definition) is 1. The smallest absolute Gasteiger partial charge is 0.347 e. The number of aromatic nitrogens is 2. The summed E-state index contributed by atoms with van der Waals surface area (Å²) in [6, 6.07) is 16.8. The zero-order valence-electron chi connectivity index (χ0n) is 18.7. The number of anilines is 2. The lowest BCUT2D eigenvalue weighted by atomic mass is 10.0. The van der Waals surface area contributed by atoms with Crippen molar-refractivity contribution in [2.45, 2.75) is 12.7 Å². The lowest BCUT2D eigenvalue weighted by molar-refractivity contribution is -0.137. The van der Waals surface area contributed by atoms with Crippen molar-refractivity contribution in [2.75, 3.05) is 4.90 Å². The zero-order chi connectivity index (χ0) is 25.0. The largest absolute Gasteiger partial charge is 0.416 e. The fraction of sp³-hybridized carbons (Fsp3) is 0.115. The average molecular weight is 478 g/mol. The highest BCUT2D eigenvalue weighted by Gasteiger charge is 2.30. The minimum Gasteiger partial charge on any atom is -0.347 e. The molecular formula is C26H21F3N4O2. The predicted octanol–water partition coefficient (Wildman–Crippen LogP) is 5.33. The molecule has 0 saturated heterocycles. The van der Waals surface area contributed by atoms with E-state index in [0.717, 1.165) is 17.7 Å². The van der Waals surface area contributed by atoms with Gasteiger partial charge >= 0.3 is 6.18 Å². The van der Waals surface area contributed by atoms with Gasteiger partial charge in [0.2, 0.25) is 6.41 Å². The minimum atomic E-state index is -4.44. The standard InChI is InChI=1S/C26H21F3N4O2/c1-32-16-21(13-24(32)25(35)31-15-18-5-4-12-30-14-18)33(17-34)23-7-3-2-6-22(23)19-8-10-20(11-9-19)26(27,28)29/h2-14,16-17H,15H2,1H3,(H,31,35). The van der Waals surface area contributed by atoms with E-state index in [4.69, 9.17) is 0 Å². The second-order valence-corrected chi connectivity index (χ2v) is 7.81. The van der Waals surface area contributed by atoms with Crippen LogP contribution >= 0.6 is 0 Å². The molecule has 2 heterocycles.